The van der Waals surface area contributed by atoms with Crippen molar-refractivity contribution in [2.24, 2.45) is 0 Å². The van der Waals surface area contributed by atoms with Crippen LogP contribution in [0.1, 0.15) is 60.3 Å². The molecule has 0 radical (unpaired) electrons. The summed E-state index contributed by atoms with van der Waals surface area (Å²) in [6, 6.07) is 26.3. The number of likely N-dealkylation sites (N-methyl/N-ethyl adjacent to an activating group) is 1. The number of benzene rings is 3. The largest absolute Gasteiger partial charge is 0.324 e. The van der Waals surface area contributed by atoms with Gasteiger partial charge in [0.2, 0.25) is 5.95 Å². The Labute approximate surface area is 243 Å². The van der Waals surface area contributed by atoms with Gasteiger partial charge in [-0.2, -0.15) is 0 Å². The third-order valence-electron chi connectivity index (χ3n) is 8.31. The van der Waals surface area contributed by atoms with Crippen molar-refractivity contribution >= 4 is 35.6 Å². The first-order valence-corrected chi connectivity index (χ1v) is 14.3. The van der Waals surface area contributed by atoms with Crippen molar-refractivity contribution in [3.63, 3.8) is 0 Å². The summed E-state index contributed by atoms with van der Waals surface area (Å²) in [5.74, 6) is 0.899. The number of rotatable bonds is 7. The van der Waals surface area contributed by atoms with Crippen molar-refractivity contribution in [2.75, 3.05) is 18.9 Å². The highest BCUT2D eigenvalue weighted by Crippen LogP contribution is 2.42. The van der Waals surface area contributed by atoms with Gasteiger partial charge < -0.3 is 10.2 Å². The van der Waals surface area contributed by atoms with Gasteiger partial charge in [-0.3, -0.25) is 0 Å². The highest BCUT2D eigenvalue weighted by molar-refractivity contribution is 6.30. The number of hydrogen-bond donors (Lipinski definition) is 1. The summed E-state index contributed by atoms with van der Waals surface area (Å²) >= 11 is 6.15. The standard InChI is InChI=1S/C33H35ClN4.ClH/c1-38(28-7-3-2-4-8-28)20-19-23-11-17-27(18-12-23)36-33-35-22-25-21-31(24-13-15-26(34)16-14-24)29-9-5-6-10-30(29)32(25)37-33;/h5-6,9-18,22,28,31H,2-4,7-8,19-21H2,1H3,(H,35,36,37);1H/t31-;/m0./s1. The van der Waals surface area contributed by atoms with Crippen molar-refractivity contribution in [2.45, 2.75) is 56.9 Å². The monoisotopic (exact) mass is 558 g/mol. The minimum Gasteiger partial charge on any atom is -0.324 e. The van der Waals surface area contributed by atoms with E-state index in [0.717, 1.165) is 41.8 Å². The quantitative estimate of drug-likeness (QED) is 0.247. The minimum absolute atomic E-state index is 0. The van der Waals surface area contributed by atoms with E-state index in [1.807, 2.05) is 18.3 Å². The summed E-state index contributed by atoms with van der Waals surface area (Å²) in [5, 5.41) is 4.19. The maximum Gasteiger partial charge on any atom is 0.227 e. The van der Waals surface area contributed by atoms with E-state index >= 15 is 0 Å². The van der Waals surface area contributed by atoms with E-state index < -0.39 is 0 Å². The fraction of sp³-hybridized carbons (Fsp3) is 0.333. The summed E-state index contributed by atoms with van der Waals surface area (Å²) in [4.78, 5) is 12.2. The van der Waals surface area contributed by atoms with Crippen molar-refractivity contribution in [1.82, 2.24) is 14.9 Å². The maximum absolute atomic E-state index is 6.15. The van der Waals surface area contributed by atoms with Gasteiger partial charge in [-0.25, -0.2) is 9.97 Å². The maximum atomic E-state index is 6.15. The van der Waals surface area contributed by atoms with Crippen molar-refractivity contribution in [3.05, 3.63) is 106 Å². The van der Waals surface area contributed by atoms with Gasteiger partial charge in [0.15, 0.2) is 0 Å². The molecule has 202 valence electrons. The van der Waals surface area contributed by atoms with Crippen LogP contribution in [0.3, 0.4) is 0 Å². The van der Waals surface area contributed by atoms with E-state index in [4.69, 9.17) is 16.6 Å². The molecule has 1 fully saturated rings. The van der Waals surface area contributed by atoms with Gasteiger partial charge in [-0.15, -0.1) is 12.4 Å². The van der Waals surface area contributed by atoms with E-state index in [1.54, 1.807) is 0 Å². The first-order chi connectivity index (χ1) is 18.6. The smallest absolute Gasteiger partial charge is 0.227 e. The molecule has 2 aliphatic carbocycles. The van der Waals surface area contributed by atoms with Crippen LogP contribution in [0, 0.1) is 0 Å². The number of nitrogens with zero attached hydrogens (tertiary/aromatic N) is 3. The Kier molecular flexibility index (Phi) is 8.86. The Balaban J connectivity index is 0.00000308. The van der Waals surface area contributed by atoms with Crippen LogP contribution in [0.15, 0.2) is 79.0 Å². The molecule has 1 saturated carbocycles. The predicted molar refractivity (Wildman–Crippen MR) is 165 cm³/mol. The van der Waals surface area contributed by atoms with Crippen LogP contribution >= 0.6 is 24.0 Å². The second kappa shape index (κ2) is 12.5. The molecule has 0 unspecified atom stereocenters. The van der Waals surface area contributed by atoms with Gasteiger partial charge in [0.1, 0.15) is 0 Å². The van der Waals surface area contributed by atoms with Crippen molar-refractivity contribution in [1.29, 1.82) is 0 Å². The third-order valence-corrected chi connectivity index (χ3v) is 8.57. The van der Waals surface area contributed by atoms with Crippen LogP contribution in [0.25, 0.3) is 11.3 Å². The molecule has 4 aromatic rings. The Morgan fingerprint density at radius 3 is 2.44 bits per heavy atom. The molecular formula is C33H36Cl2N4. The average Bonchev–Trinajstić information content (AvgIpc) is 2.97. The zero-order valence-corrected chi connectivity index (χ0v) is 24.0. The molecule has 1 N–H and O–H groups in total. The van der Waals surface area contributed by atoms with Gasteiger partial charge in [-0.1, -0.05) is 79.4 Å². The highest BCUT2D eigenvalue weighted by atomic mass is 35.5. The van der Waals surface area contributed by atoms with Crippen molar-refractivity contribution < 1.29 is 0 Å². The molecule has 0 spiro atoms. The molecule has 1 aromatic heterocycles. The molecular weight excluding hydrogens is 523 g/mol. The molecule has 6 heteroatoms. The summed E-state index contributed by atoms with van der Waals surface area (Å²) in [5.41, 5.74) is 8.31. The minimum atomic E-state index is 0. The van der Waals surface area contributed by atoms with Crippen LogP contribution in [0.2, 0.25) is 5.02 Å². The summed E-state index contributed by atoms with van der Waals surface area (Å²) in [6.07, 6.45) is 10.8. The van der Waals surface area contributed by atoms with Crippen LogP contribution in [-0.4, -0.2) is 34.5 Å². The Hall–Kier alpha value is -2.92. The molecule has 0 saturated heterocycles. The lowest BCUT2D eigenvalue weighted by molar-refractivity contribution is 0.194. The molecule has 0 bridgehead atoms. The number of fused-ring (bicyclic) bond motifs is 3. The molecule has 2 aliphatic rings. The Morgan fingerprint density at radius 2 is 1.67 bits per heavy atom. The van der Waals surface area contributed by atoms with Gasteiger partial charge >= 0.3 is 0 Å². The zero-order valence-electron chi connectivity index (χ0n) is 22.4. The Bertz CT molecular complexity index is 1380. The SMILES string of the molecule is CN(CCc1ccc(Nc2ncc3c(n2)-c2ccccc2[C@H](c2ccc(Cl)cc2)C3)cc1)C1CCCCC1.Cl. The fourth-order valence-electron chi connectivity index (χ4n) is 6.08. The third kappa shape index (κ3) is 6.30. The van der Waals surface area contributed by atoms with Crippen LogP contribution in [0.5, 0.6) is 0 Å². The molecule has 1 heterocycles. The topological polar surface area (TPSA) is 41.0 Å². The van der Waals surface area contributed by atoms with Crippen LogP contribution < -0.4 is 5.32 Å². The van der Waals surface area contributed by atoms with E-state index in [2.05, 4.69) is 82.9 Å². The predicted octanol–water partition coefficient (Wildman–Crippen LogP) is 8.46. The zero-order chi connectivity index (χ0) is 25.9. The van der Waals surface area contributed by atoms with E-state index in [-0.39, 0.29) is 18.3 Å². The molecule has 0 aliphatic heterocycles. The highest BCUT2D eigenvalue weighted by Gasteiger charge is 2.27. The van der Waals surface area contributed by atoms with Gasteiger partial charge in [0.05, 0.1) is 5.69 Å². The summed E-state index contributed by atoms with van der Waals surface area (Å²) in [7, 11) is 2.29. The van der Waals surface area contributed by atoms with Crippen LogP contribution in [-0.2, 0) is 12.8 Å². The fourth-order valence-corrected chi connectivity index (χ4v) is 6.21. The molecule has 0 amide bonds. The van der Waals surface area contributed by atoms with Crippen molar-refractivity contribution in [3.8, 4) is 11.3 Å². The molecule has 39 heavy (non-hydrogen) atoms. The van der Waals surface area contributed by atoms with E-state index in [9.17, 15) is 0 Å². The average molecular weight is 560 g/mol. The number of halogens is 2. The number of hydrogen-bond acceptors (Lipinski definition) is 4. The molecule has 4 nitrogen and oxygen atoms in total. The summed E-state index contributed by atoms with van der Waals surface area (Å²) in [6.45, 7) is 1.11. The number of nitrogens with one attached hydrogen (secondary N) is 1. The summed E-state index contributed by atoms with van der Waals surface area (Å²) < 4.78 is 0. The number of anilines is 2. The lowest BCUT2D eigenvalue weighted by Crippen LogP contribution is -2.34. The second-order valence-corrected chi connectivity index (χ2v) is 11.2. The normalized spacial score (nSPS) is 16.7. The molecule has 1 atom stereocenters. The van der Waals surface area contributed by atoms with Gasteiger partial charge in [0.25, 0.3) is 0 Å². The first kappa shape index (κ1) is 27.6. The lowest BCUT2D eigenvalue weighted by atomic mass is 9.78. The first-order valence-electron chi connectivity index (χ1n) is 13.9. The molecule has 3 aromatic carbocycles. The van der Waals surface area contributed by atoms with Gasteiger partial charge in [0, 0.05) is 41.0 Å². The van der Waals surface area contributed by atoms with E-state index in [0.29, 0.717) is 5.95 Å². The van der Waals surface area contributed by atoms with Crippen LogP contribution in [0.4, 0.5) is 11.6 Å². The molecule has 6 rings (SSSR count). The van der Waals surface area contributed by atoms with Gasteiger partial charge in [-0.05, 0) is 79.3 Å². The second-order valence-electron chi connectivity index (χ2n) is 10.8. The number of aromatic nitrogens is 2. The lowest BCUT2D eigenvalue weighted by Gasteiger charge is -2.31. The Morgan fingerprint density at radius 1 is 0.923 bits per heavy atom. The van der Waals surface area contributed by atoms with E-state index in [1.165, 1.54) is 59.9 Å².